The van der Waals surface area contributed by atoms with Crippen LogP contribution in [0, 0.1) is 5.92 Å². The molecule has 0 saturated carbocycles. The lowest BCUT2D eigenvalue weighted by Crippen LogP contribution is -2.54. The molecule has 0 fully saturated rings. The minimum atomic E-state index is -0.836. The summed E-state index contributed by atoms with van der Waals surface area (Å²) in [6.07, 6.45) is 5.91. The van der Waals surface area contributed by atoms with Crippen molar-refractivity contribution in [1.29, 1.82) is 0 Å². The molecule has 2 amide bonds. The van der Waals surface area contributed by atoms with E-state index in [0.717, 1.165) is 11.1 Å². The third kappa shape index (κ3) is 8.91. The summed E-state index contributed by atoms with van der Waals surface area (Å²) in [6, 6.07) is 17.8. The zero-order chi connectivity index (χ0) is 26.5. The van der Waals surface area contributed by atoms with Crippen molar-refractivity contribution in [2.24, 2.45) is 5.92 Å². The van der Waals surface area contributed by atoms with Crippen LogP contribution in [0.1, 0.15) is 48.3 Å². The van der Waals surface area contributed by atoms with E-state index in [1.54, 1.807) is 0 Å². The molecule has 0 saturated heterocycles. The van der Waals surface area contributed by atoms with E-state index in [1.165, 1.54) is 18.6 Å². The number of nitrogens with zero attached hydrogens (tertiary/aromatic N) is 2. The number of rotatable bonds is 14. The molecule has 0 aliphatic rings. The number of ether oxygens (including phenoxy) is 1. The van der Waals surface area contributed by atoms with Gasteiger partial charge in [0.25, 0.3) is 5.91 Å². The molecule has 2 N–H and O–H groups in total. The Balaban J connectivity index is 1.69. The Morgan fingerprint density at radius 2 is 1.59 bits per heavy atom. The summed E-state index contributed by atoms with van der Waals surface area (Å²) in [5.74, 6) is -1.30. The SMILES string of the molecule is CCC(C)C(NC(=O)c1cnccn1)C(=O)NC(CCc1ccccc1)C(=O)COCc1ccccc1. The van der Waals surface area contributed by atoms with Crippen molar-refractivity contribution in [1.82, 2.24) is 20.6 Å². The summed E-state index contributed by atoms with van der Waals surface area (Å²) in [5.41, 5.74) is 2.15. The van der Waals surface area contributed by atoms with Gasteiger partial charge >= 0.3 is 0 Å². The number of ketones is 1. The van der Waals surface area contributed by atoms with Crippen molar-refractivity contribution in [3.05, 3.63) is 96.1 Å². The van der Waals surface area contributed by atoms with Crippen LogP contribution in [0.3, 0.4) is 0 Å². The standard InChI is InChI=1S/C29H34N4O4/c1-3-21(2)27(33-28(35)25-18-30-16-17-31-25)29(36)32-24(15-14-22-10-6-4-7-11-22)26(34)20-37-19-23-12-8-5-9-13-23/h4-13,16-18,21,24,27H,3,14-15,19-20H2,1-2H3,(H,32,36)(H,33,35). The number of Topliss-reactive ketones (excluding diaryl/α,β-unsaturated/α-hetero) is 1. The van der Waals surface area contributed by atoms with Crippen LogP contribution in [0.2, 0.25) is 0 Å². The van der Waals surface area contributed by atoms with Gasteiger partial charge in [0, 0.05) is 12.4 Å². The zero-order valence-corrected chi connectivity index (χ0v) is 21.3. The smallest absolute Gasteiger partial charge is 0.272 e. The third-order valence-electron chi connectivity index (χ3n) is 6.20. The Morgan fingerprint density at radius 3 is 2.22 bits per heavy atom. The van der Waals surface area contributed by atoms with Crippen molar-refractivity contribution in [3.8, 4) is 0 Å². The summed E-state index contributed by atoms with van der Waals surface area (Å²) in [6.45, 7) is 3.99. The highest BCUT2D eigenvalue weighted by Gasteiger charge is 2.30. The van der Waals surface area contributed by atoms with Gasteiger partial charge in [-0.1, -0.05) is 80.9 Å². The fourth-order valence-electron chi connectivity index (χ4n) is 3.81. The first-order valence-electron chi connectivity index (χ1n) is 12.5. The Hall–Kier alpha value is -3.91. The van der Waals surface area contributed by atoms with E-state index in [9.17, 15) is 14.4 Å². The van der Waals surface area contributed by atoms with E-state index in [-0.39, 0.29) is 24.0 Å². The molecule has 8 nitrogen and oxygen atoms in total. The fourth-order valence-corrected chi connectivity index (χ4v) is 3.81. The maximum Gasteiger partial charge on any atom is 0.272 e. The monoisotopic (exact) mass is 502 g/mol. The van der Waals surface area contributed by atoms with Gasteiger partial charge in [-0.2, -0.15) is 0 Å². The quantitative estimate of drug-likeness (QED) is 0.349. The molecule has 0 bridgehead atoms. The van der Waals surface area contributed by atoms with E-state index < -0.39 is 23.9 Å². The van der Waals surface area contributed by atoms with E-state index in [1.807, 2.05) is 74.5 Å². The largest absolute Gasteiger partial charge is 0.369 e. The average molecular weight is 503 g/mol. The van der Waals surface area contributed by atoms with Gasteiger partial charge in [0.2, 0.25) is 5.91 Å². The second kappa shape index (κ2) is 14.6. The highest BCUT2D eigenvalue weighted by Crippen LogP contribution is 2.12. The van der Waals surface area contributed by atoms with E-state index in [0.29, 0.717) is 25.9 Å². The number of nitrogens with one attached hydrogen (secondary N) is 2. The van der Waals surface area contributed by atoms with E-state index in [2.05, 4.69) is 20.6 Å². The number of hydrogen-bond donors (Lipinski definition) is 2. The van der Waals surface area contributed by atoms with Crippen LogP contribution in [0.5, 0.6) is 0 Å². The zero-order valence-electron chi connectivity index (χ0n) is 21.3. The first-order chi connectivity index (χ1) is 18.0. The molecule has 1 aromatic heterocycles. The normalized spacial score (nSPS) is 13.2. The van der Waals surface area contributed by atoms with Crippen molar-refractivity contribution < 1.29 is 19.1 Å². The number of hydrogen-bond acceptors (Lipinski definition) is 6. The first-order valence-corrected chi connectivity index (χ1v) is 12.5. The molecule has 2 aromatic carbocycles. The van der Waals surface area contributed by atoms with Gasteiger partial charge in [-0.15, -0.1) is 0 Å². The number of aryl methyl sites for hydroxylation is 1. The molecule has 3 rings (SSSR count). The predicted octanol–water partition coefficient (Wildman–Crippen LogP) is 3.52. The number of amides is 2. The first kappa shape index (κ1) is 27.7. The lowest BCUT2D eigenvalue weighted by atomic mass is 9.96. The molecule has 37 heavy (non-hydrogen) atoms. The molecule has 3 unspecified atom stereocenters. The maximum absolute atomic E-state index is 13.4. The Labute approximate surface area is 217 Å². The predicted molar refractivity (Wildman–Crippen MR) is 141 cm³/mol. The molecule has 0 spiro atoms. The van der Waals surface area contributed by atoms with Crippen LogP contribution in [0.25, 0.3) is 0 Å². The van der Waals surface area contributed by atoms with Gasteiger partial charge in [-0.25, -0.2) is 4.98 Å². The fraction of sp³-hybridized carbons (Fsp3) is 0.345. The Kier molecular flexibility index (Phi) is 10.9. The van der Waals surface area contributed by atoms with E-state index >= 15 is 0 Å². The van der Waals surface area contributed by atoms with E-state index in [4.69, 9.17) is 4.74 Å². The van der Waals surface area contributed by atoms with Crippen LogP contribution >= 0.6 is 0 Å². The molecule has 3 atom stereocenters. The summed E-state index contributed by atoms with van der Waals surface area (Å²) in [7, 11) is 0. The van der Waals surface area contributed by atoms with Crippen LogP contribution in [0.15, 0.2) is 79.3 Å². The molecular formula is C29H34N4O4. The van der Waals surface area contributed by atoms with Crippen molar-refractivity contribution in [2.45, 2.75) is 51.8 Å². The Bertz CT molecular complexity index is 1130. The van der Waals surface area contributed by atoms with Gasteiger partial charge in [-0.05, 0) is 29.9 Å². The molecule has 194 valence electrons. The number of carbonyl (C=O) groups is 3. The number of aromatic nitrogens is 2. The number of benzene rings is 2. The average Bonchev–Trinajstić information content (AvgIpc) is 2.94. The molecule has 0 aliphatic carbocycles. The van der Waals surface area contributed by atoms with Gasteiger partial charge in [-0.3, -0.25) is 19.4 Å². The second-order valence-corrected chi connectivity index (χ2v) is 8.96. The molecular weight excluding hydrogens is 468 g/mol. The van der Waals surface area contributed by atoms with Crippen LogP contribution < -0.4 is 10.6 Å². The third-order valence-corrected chi connectivity index (χ3v) is 6.20. The minimum absolute atomic E-state index is 0.120. The summed E-state index contributed by atoms with van der Waals surface area (Å²) in [4.78, 5) is 47.2. The van der Waals surface area contributed by atoms with Crippen LogP contribution in [0.4, 0.5) is 0 Å². The van der Waals surface area contributed by atoms with Crippen LogP contribution in [-0.2, 0) is 27.4 Å². The van der Waals surface area contributed by atoms with Crippen LogP contribution in [-0.4, -0.2) is 46.3 Å². The summed E-state index contributed by atoms with van der Waals surface area (Å²) < 4.78 is 5.66. The molecule has 8 heteroatoms. The second-order valence-electron chi connectivity index (χ2n) is 8.96. The minimum Gasteiger partial charge on any atom is -0.369 e. The summed E-state index contributed by atoms with van der Waals surface area (Å²) in [5, 5.41) is 5.66. The van der Waals surface area contributed by atoms with Gasteiger partial charge in [0.15, 0.2) is 5.78 Å². The highest BCUT2D eigenvalue weighted by molar-refractivity contribution is 5.97. The lowest BCUT2D eigenvalue weighted by molar-refractivity contribution is -0.132. The van der Waals surface area contributed by atoms with Gasteiger partial charge in [0.1, 0.15) is 18.3 Å². The van der Waals surface area contributed by atoms with Crippen molar-refractivity contribution in [2.75, 3.05) is 6.61 Å². The molecule has 0 aliphatic heterocycles. The highest BCUT2D eigenvalue weighted by atomic mass is 16.5. The molecule has 1 heterocycles. The number of carbonyl (C=O) groups excluding carboxylic acids is 3. The van der Waals surface area contributed by atoms with Crippen molar-refractivity contribution >= 4 is 17.6 Å². The van der Waals surface area contributed by atoms with Crippen molar-refractivity contribution in [3.63, 3.8) is 0 Å². The lowest BCUT2D eigenvalue weighted by Gasteiger charge is -2.26. The topological polar surface area (TPSA) is 110 Å². The summed E-state index contributed by atoms with van der Waals surface area (Å²) >= 11 is 0. The maximum atomic E-state index is 13.4. The Morgan fingerprint density at radius 1 is 0.919 bits per heavy atom. The van der Waals surface area contributed by atoms with Gasteiger partial charge in [0.05, 0.1) is 18.8 Å². The molecule has 3 aromatic rings. The molecule has 0 radical (unpaired) electrons. The van der Waals surface area contributed by atoms with Gasteiger partial charge < -0.3 is 15.4 Å².